The lowest BCUT2D eigenvalue weighted by Crippen LogP contribution is -2.44. The van der Waals surface area contributed by atoms with Crippen LogP contribution in [0.5, 0.6) is 0 Å². The van der Waals surface area contributed by atoms with E-state index in [9.17, 15) is 13.2 Å². The molecule has 0 saturated carbocycles. The highest BCUT2D eigenvalue weighted by molar-refractivity contribution is 8.14. The first-order valence-corrected chi connectivity index (χ1v) is 10.6. The van der Waals surface area contributed by atoms with Crippen LogP contribution in [0.2, 0.25) is 0 Å². The Balaban J connectivity index is 1.53. The highest BCUT2D eigenvalue weighted by atomic mass is 32.2. The SMILES string of the molecule is O=C(NC1=NCCS1)C1CCN(S(=O)(=O)Cc2ccccc2)CC1. The van der Waals surface area contributed by atoms with Crippen molar-refractivity contribution in [3.63, 3.8) is 0 Å². The minimum atomic E-state index is -3.33. The summed E-state index contributed by atoms with van der Waals surface area (Å²) < 4.78 is 26.5. The number of benzene rings is 1. The van der Waals surface area contributed by atoms with E-state index in [1.54, 1.807) is 11.8 Å². The summed E-state index contributed by atoms with van der Waals surface area (Å²) in [6.07, 6.45) is 1.11. The number of thioether (sulfide) groups is 1. The smallest absolute Gasteiger partial charge is 0.229 e. The van der Waals surface area contributed by atoms with Gasteiger partial charge in [-0.25, -0.2) is 12.7 Å². The van der Waals surface area contributed by atoms with Crippen molar-refractivity contribution in [3.05, 3.63) is 35.9 Å². The zero-order valence-corrected chi connectivity index (χ0v) is 15.0. The summed E-state index contributed by atoms with van der Waals surface area (Å²) in [5, 5.41) is 3.54. The van der Waals surface area contributed by atoms with Gasteiger partial charge in [0.25, 0.3) is 0 Å². The Morgan fingerprint density at radius 1 is 1.25 bits per heavy atom. The molecule has 0 bridgehead atoms. The van der Waals surface area contributed by atoms with Gasteiger partial charge >= 0.3 is 0 Å². The van der Waals surface area contributed by atoms with Crippen LogP contribution >= 0.6 is 11.8 Å². The first kappa shape index (κ1) is 17.4. The number of nitrogens with one attached hydrogen (secondary N) is 1. The number of sulfonamides is 1. The van der Waals surface area contributed by atoms with Crippen LogP contribution in [0.15, 0.2) is 35.3 Å². The van der Waals surface area contributed by atoms with Gasteiger partial charge in [0.1, 0.15) is 0 Å². The molecule has 8 heteroatoms. The van der Waals surface area contributed by atoms with Crippen molar-refractivity contribution in [3.8, 4) is 0 Å². The van der Waals surface area contributed by atoms with Crippen LogP contribution in [0.3, 0.4) is 0 Å². The summed E-state index contributed by atoms with van der Waals surface area (Å²) in [5.74, 6) is 0.740. The summed E-state index contributed by atoms with van der Waals surface area (Å²) in [5.41, 5.74) is 0.786. The molecule has 1 amide bonds. The maximum atomic E-state index is 12.5. The lowest BCUT2D eigenvalue weighted by molar-refractivity contribution is -0.124. The zero-order valence-electron chi connectivity index (χ0n) is 13.3. The number of carbonyl (C=O) groups is 1. The highest BCUT2D eigenvalue weighted by Crippen LogP contribution is 2.22. The molecule has 1 aromatic rings. The number of aliphatic imine (C=N–C) groups is 1. The van der Waals surface area contributed by atoms with Crippen molar-refractivity contribution in [1.82, 2.24) is 9.62 Å². The third-order valence-corrected chi connectivity index (χ3v) is 6.97. The third kappa shape index (κ3) is 4.37. The van der Waals surface area contributed by atoms with Crippen LogP contribution in [0, 0.1) is 5.92 Å². The average Bonchev–Trinajstić information content (AvgIpc) is 3.08. The minimum absolute atomic E-state index is 0.0121. The second-order valence-corrected chi connectivity index (χ2v) is 8.99. The van der Waals surface area contributed by atoms with Crippen molar-refractivity contribution >= 4 is 32.9 Å². The molecule has 1 aromatic carbocycles. The maximum absolute atomic E-state index is 12.5. The molecule has 1 N–H and O–H groups in total. The van der Waals surface area contributed by atoms with E-state index in [4.69, 9.17) is 0 Å². The summed E-state index contributed by atoms with van der Waals surface area (Å²) in [6.45, 7) is 1.54. The molecule has 2 heterocycles. The Bertz CT molecular complexity index is 711. The Morgan fingerprint density at radius 3 is 2.58 bits per heavy atom. The van der Waals surface area contributed by atoms with Crippen LogP contribution in [0.25, 0.3) is 0 Å². The fourth-order valence-electron chi connectivity index (χ4n) is 2.89. The average molecular weight is 367 g/mol. The van der Waals surface area contributed by atoms with Gasteiger partial charge in [-0.2, -0.15) is 0 Å². The second kappa shape index (κ2) is 7.67. The number of amidine groups is 1. The maximum Gasteiger partial charge on any atom is 0.229 e. The summed E-state index contributed by atoms with van der Waals surface area (Å²) in [7, 11) is -3.33. The summed E-state index contributed by atoms with van der Waals surface area (Å²) in [4.78, 5) is 16.4. The number of piperidine rings is 1. The van der Waals surface area contributed by atoms with Gasteiger partial charge in [0.2, 0.25) is 15.9 Å². The monoisotopic (exact) mass is 367 g/mol. The van der Waals surface area contributed by atoms with E-state index in [0.29, 0.717) is 31.1 Å². The van der Waals surface area contributed by atoms with Crippen molar-refractivity contribution in [2.45, 2.75) is 18.6 Å². The molecule has 0 spiro atoms. The zero-order chi connectivity index (χ0) is 17.0. The lowest BCUT2D eigenvalue weighted by atomic mass is 9.97. The van der Waals surface area contributed by atoms with Gasteiger partial charge < -0.3 is 5.32 Å². The Labute approximate surface area is 146 Å². The van der Waals surface area contributed by atoms with E-state index in [1.165, 1.54) is 4.31 Å². The van der Waals surface area contributed by atoms with Gasteiger partial charge in [-0.05, 0) is 18.4 Å². The van der Waals surface area contributed by atoms with E-state index < -0.39 is 10.0 Å². The molecular weight excluding hydrogens is 346 g/mol. The third-order valence-electron chi connectivity index (χ3n) is 4.23. The minimum Gasteiger partial charge on any atom is -0.305 e. The fourth-order valence-corrected chi connectivity index (χ4v) is 5.19. The molecule has 24 heavy (non-hydrogen) atoms. The van der Waals surface area contributed by atoms with Crippen molar-refractivity contribution in [1.29, 1.82) is 0 Å². The van der Waals surface area contributed by atoms with Crippen molar-refractivity contribution in [2.75, 3.05) is 25.4 Å². The fraction of sp³-hybridized carbons (Fsp3) is 0.500. The molecule has 1 fully saturated rings. The molecule has 2 aliphatic heterocycles. The van der Waals surface area contributed by atoms with Gasteiger partial charge in [-0.3, -0.25) is 9.79 Å². The van der Waals surface area contributed by atoms with E-state index in [-0.39, 0.29) is 17.6 Å². The van der Waals surface area contributed by atoms with Crippen LogP contribution in [-0.2, 0) is 20.6 Å². The van der Waals surface area contributed by atoms with E-state index in [1.807, 2.05) is 30.3 Å². The van der Waals surface area contributed by atoms with Gasteiger partial charge in [0, 0.05) is 24.8 Å². The quantitative estimate of drug-likeness (QED) is 0.874. The van der Waals surface area contributed by atoms with Crippen molar-refractivity contribution < 1.29 is 13.2 Å². The molecule has 0 aliphatic carbocycles. The first-order valence-electron chi connectivity index (χ1n) is 8.04. The molecule has 3 rings (SSSR count). The Hall–Kier alpha value is -1.38. The van der Waals surface area contributed by atoms with Gasteiger partial charge in [-0.1, -0.05) is 42.1 Å². The summed E-state index contributed by atoms with van der Waals surface area (Å²) in [6, 6.07) is 9.18. The van der Waals surface area contributed by atoms with Crippen LogP contribution < -0.4 is 5.32 Å². The van der Waals surface area contributed by atoms with Gasteiger partial charge in [0.15, 0.2) is 5.17 Å². The number of nitrogens with zero attached hydrogens (tertiary/aromatic N) is 2. The molecule has 0 atom stereocenters. The van der Waals surface area contributed by atoms with E-state index >= 15 is 0 Å². The van der Waals surface area contributed by atoms with Crippen LogP contribution in [0.1, 0.15) is 18.4 Å². The first-order chi connectivity index (χ1) is 11.5. The van der Waals surface area contributed by atoms with E-state index in [2.05, 4.69) is 10.3 Å². The Morgan fingerprint density at radius 2 is 1.96 bits per heavy atom. The molecule has 2 aliphatic rings. The lowest BCUT2D eigenvalue weighted by Gasteiger charge is -2.30. The molecule has 130 valence electrons. The Kier molecular flexibility index (Phi) is 5.57. The molecule has 0 unspecified atom stereocenters. The van der Waals surface area contributed by atoms with Crippen molar-refractivity contribution in [2.24, 2.45) is 10.9 Å². The number of rotatable bonds is 4. The molecular formula is C16H21N3O3S2. The number of hydrogen-bond donors (Lipinski definition) is 1. The number of hydrogen-bond acceptors (Lipinski definition) is 5. The van der Waals surface area contributed by atoms with E-state index in [0.717, 1.165) is 17.9 Å². The number of carbonyl (C=O) groups excluding carboxylic acids is 1. The van der Waals surface area contributed by atoms with Gasteiger partial charge in [0.05, 0.1) is 12.3 Å². The normalized spacial score (nSPS) is 19.9. The summed E-state index contributed by atoms with van der Waals surface area (Å²) >= 11 is 1.55. The standard InChI is InChI=1S/C16H21N3O3S2/c20-15(18-16-17-8-11-23-16)14-6-9-19(10-7-14)24(21,22)12-13-4-2-1-3-5-13/h1-5,14H,6-12H2,(H,17,18,20). The molecule has 0 aromatic heterocycles. The largest absolute Gasteiger partial charge is 0.305 e. The van der Waals surface area contributed by atoms with Crippen LogP contribution in [-0.4, -0.2) is 49.2 Å². The molecule has 6 nitrogen and oxygen atoms in total. The van der Waals surface area contributed by atoms with Crippen LogP contribution in [0.4, 0.5) is 0 Å². The predicted molar refractivity (Wildman–Crippen MR) is 96.3 cm³/mol. The number of amides is 1. The molecule has 1 saturated heterocycles. The second-order valence-electron chi connectivity index (χ2n) is 5.94. The predicted octanol–water partition coefficient (Wildman–Crippen LogP) is 1.45. The topological polar surface area (TPSA) is 78.8 Å². The van der Waals surface area contributed by atoms with Gasteiger partial charge in [-0.15, -0.1) is 0 Å². The highest BCUT2D eigenvalue weighted by Gasteiger charge is 2.31. The molecule has 0 radical (unpaired) electrons.